The van der Waals surface area contributed by atoms with Crippen LogP contribution in [0.1, 0.15) is 11.1 Å². The molecule has 0 atom stereocenters. The zero-order valence-electron chi connectivity index (χ0n) is 16.9. The van der Waals surface area contributed by atoms with Gasteiger partial charge in [0.25, 0.3) is 5.91 Å². The Balaban J connectivity index is 1.81. The standard InChI is InChI=1S/C24H17Br2FN2O3/c1-31-22-12-16(9-17(13-28)24(30)29-20-7-5-18(25)6-8-20)11-21(26)23(22)32-14-15-3-2-4-19(27)10-15/h2-12H,14H2,1H3,(H,29,30)/b17-9-. The lowest BCUT2D eigenvalue weighted by atomic mass is 10.1. The van der Waals surface area contributed by atoms with Gasteiger partial charge in [-0.3, -0.25) is 4.79 Å². The summed E-state index contributed by atoms with van der Waals surface area (Å²) in [6, 6.07) is 18.4. The summed E-state index contributed by atoms with van der Waals surface area (Å²) in [6.07, 6.45) is 1.46. The first-order valence-corrected chi connectivity index (χ1v) is 10.9. The summed E-state index contributed by atoms with van der Waals surface area (Å²) in [5, 5.41) is 12.2. The van der Waals surface area contributed by atoms with Gasteiger partial charge < -0.3 is 14.8 Å². The van der Waals surface area contributed by atoms with Gasteiger partial charge in [0.1, 0.15) is 24.1 Å². The van der Waals surface area contributed by atoms with Gasteiger partial charge in [-0.25, -0.2) is 4.39 Å². The maximum atomic E-state index is 13.4. The molecule has 32 heavy (non-hydrogen) atoms. The number of nitrogens with one attached hydrogen (secondary N) is 1. The molecule has 3 aromatic carbocycles. The summed E-state index contributed by atoms with van der Waals surface area (Å²) in [5.74, 6) is -0.0567. The summed E-state index contributed by atoms with van der Waals surface area (Å²) < 4.78 is 26.1. The second-order valence-corrected chi connectivity index (χ2v) is 8.35. The lowest BCUT2D eigenvalue weighted by Crippen LogP contribution is -2.13. The van der Waals surface area contributed by atoms with E-state index in [-0.39, 0.29) is 18.0 Å². The predicted octanol–water partition coefficient (Wildman–Crippen LogP) is 6.48. The van der Waals surface area contributed by atoms with Crippen LogP contribution < -0.4 is 14.8 Å². The highest BCUT2D eigenvalue weighted by atomic mass is 79.9. The smallest absolute Gasteiger partial charge is 0.266 e. The number of carbonyl (C=O) groups excluding carboxylic acids is 1. The zero-order valence-corrected chi connectivity index (χ0v) is 20.0. The normalized spacial score (nSPS) is 10.9. The van der Waals surface area contributed by atoms with Gasteiger partial charge in [-0.15, -0.1) is 0 Å². The average Bonchev–Trinajstić information content (AvgIpc) is 2.77. The SMILES string of the molecule is COc1cc(/C=C(/C#N)C(=O)Nc2ccc(Br)cc2)cc(Br)c1OCc1cccc(F)c1. The monoisotopic (exact) mass is 558 g/mol. The van der Waals surface area contributed by atoms with Gasteiger partial charge in [0, 0.05) is 10.2 Å². The first-order chi connectivity index (χ1) is 15.4. The molecule has 0 aliphatic heterocycles. The third-order valence-corrected chi connectivity index (χ3v) is 5.42. The molecule has 0 fully saturated rings. The number of hydrogen-bond acceptors (Lipinski definition) is 4. The molecule has 1 N–H and O–H groups in total. The molecule has 0 radical (unpaired) electrons. The van der Waals surface area contributed by atoms with E-state index in [9.17, 15) is 14.4 Å². The summed E-state index contributed by atoms with van der Waals surface area (Å²) in [6.45, 7) is 0.140. The van der Waals surface area contributed by atoms with Crippen molar-refractivity contribution in [3.63, 3.8) is 0 Å². The van der Waals surface area contributed by atoms with Gasteiger partial charge in [0.2, 0.25) is 0 Å². The Bertz CT molecular complexity index is 1200. The van der Waals surface area contributed by atoms with E-state index < -0.39 is 5.91 Å². The predicted molar refractivity (Wildman–Crippen MR) is 128 cm³/mol. The summed E-state index contributed by atoms with van der Waals surface area (Å²) in [4.78, 5) is 12.5. The van der Waals surface area contributed by atoms with E-state index in [0.717, 1.165) is 4.47 Å². The third kappa shape index (κ3) is 6.19. The van der Waals surface area contributed by atoms with E-state index in [2.05, 4.69) is 37.2 Å². The van der Waals surface area contributed by atoms with Crippen LogP contribution in [0.25, 0.3) is 6.08 Å². The molecule has 0 aromatic heterocycles. The molecule has 0 spiro atoms. The molecule has 8 heteroatoms. The number of ether oxygens (including phenoxy) is 2. The molecule has 0 unspecified atom stereocenters. The Kier molecular flexibility index (Phi) is 8.03. The largest absolute Gasteiger partial charge is 0.493 e. The number of rotatable bonds is 7. The van der Waals surface area contributed by atoms with Crippen LogP contribution in [0, 0.1) is 17.1 Å². The molecule has 3 aromatic rings. The molecule has 0 aliphatic rings. The van der Waals surface area contributed by atoms with Gasteiger partial charge in [-0.2, -0.15) is 5.26 Å². The van der Waals surface area contributed by atoms with Gasteiger partial charge >= 0.3 is 0 Å². The number of benzene rings is 3. The van der Waals surface area contributed by atoms with E-state index in [1.54, 1.807) is 48.5 Å². The van der Waals surface area contributed by atoms with Crippen molar-refractivity contribution in [2.45, 2.75) is 6.61 Å². The summed E-state index contributed by atoms with van der Waals surface area (Å²) in [7, 11) is 1.48. The van der Waals surface area contributed by atoms with Crippen LogP contribution in [0.2, 0.25) is 0 Å². The number of nitrogens with zero attached hydrogens (tertiary/aromatic N) is 1. The highest BCUT2D eigenvalue weighted by Crippen LogP contribution is 2.37. The van der Waals surface area contributed by atoms with Crippen molar-refractivity contribution < 1.29 is 18.7 Å². The topological polar surface area (TPSA) is 71.3 Å². The Morgan fingerprint density at radius 2 is 1.91 bits per heavy atom. The first kappa shape index (κ1) is 23.5. The molecule has 1 amide bonds. The maximum Gasteiger partial charge on any atom is 0.266 e. The Labute approximate surface area is 201 Å². The highest BCUT2D eigenvalue weighted by Gasteiger charge is 2.14. The van der Waals surface area contributed by atoms with Crippen molar-refractivity contribution in [1.82, 2.24) is 0 Å². The van der Waals surface area contributed by atoms with Crippen LogP contribution in [-0.2, 0) is 11.4 Å². The third-order valence-electron chi connectivity index (χ3n) is 4.30. The lowest BCUT2D eigenvalue weighted by molar-refractivity contribution is -0.112. The molecular formula is C24H17Br2FN2O3. The molecule has 0 bridgehead atoms. The zero-order chi connectivity index (χ0) is 23.1. The van der Waals surface area contributed by atoms with Crippen molar-refractivity contribution in [2.24, 2.45) is 0 Å². The van der Waals surface area contributed by atoms with Crippen LogP contribution in [0.15, 0.2) is 75.2 Å². The van der Waals surface area contributed by atoms with Crippen LogP contribution in [0.4, 0.5) is 10.1 Å². The second-order valence-electron chi connectivity index (χ2n) is 6.58. The Morgan fingerprint density at radius 3 is 2.56 bits per heavy atom. The Hall–Kier alpha value is -3.15. The van der Waals surface area contributed by atoms with E-state index in [1.165, 1.54) is 25.3 Å². The molecule has 162 valence electrons. The van der Waals surface area contributed by atoms with E-state index in [1.807, 2.05) is 6.07 Å². The fraction of sp³-hybridized carbons (Fsp3) is 0.0833. The molecule has 0 saturated carbocycles. The number of methoxy groups -OCH3 is 1. The second kappa shape index (κ2) is 10.9. The summed E-state index contributed by atoms with van der Waals surface area (Å²) in [5.41, 5.74) is 1.73. The first-order valence-electron chi connectivity index (χ1n) is 9.33. The van der Waals surface area contributed by atoms with Gasteiger partial charge in [0.05, 0.1) is 11.6 Å². The van der Waals surface area contributed by atoms with Crippen molar-refractivity contribution in [2.75, 3.05) is 12.4 Å². The van der Waals surface area contributed by atoms with Crippen molar-refractivity contribution >= 4 is 49.5 Å². The van der Waals surface area contributed by atoms with Gasteiger partial charge in [-0.1, -0.05) is 28.1 Å². The minimum absolute atomic E-state index is 0.0738. The number of carbonyl (C=O) groups is 1. The number of halogens is 3. The van der Waals surface area contributed by atoms with Crippen molar-refractivity contribution in [3.8, 4) is 17.6 Å². The molecule has 0 aliphatic carbocycles. The van der Waals surface area contributed by atoms with Gasteiger partial charge in [-0.05, 0) is 81.7 Å². The minimum Gasteiger partial charge on any atom is -0.493 e. The van der Waals surface area contributed by atoms with E-state index in [0.29, 0.717) is 32.8 Å². The summed E-state index contributed by atoms with van der Waals surface area (Å²) >= 11 is 6.77. The number of anilines is 1. The van der Waals surface area contributed by atoms with Crippen LogP contribution >= 0.6 is 31.9 Å². The Morgan fingerprint density at radius 1 is 1.16 bits per heavy atom. The highest BCUT2D eigenvalue weighted by molar-refractivity contribution is 9.10. The van der Waals surface area contributed by atoms with Crippen molar-refractivity contribution in [1.29, 1.82) is 5.26 Å². The van der Waals surface area contributed by atoms with Crippen LogP contribution in [0.3, 0.4) is 0 Å². The fourth-order valence-corrected chi connectivity index (χ4v) is 3.63. The number of amides is 1. The molecule has 0 saturated heterocycles. The van der Waals surface area contributed by atoms with E-state index in [4.69, 9.17) is 9.47 Å². The molecule has 0 heterocycles. The molecule has 5 nitrogen and oxygen atoms in total. The molecular weight excluding hydrogens is 543 g/mol. The number of nitriles is 1. The maximum absolute atomic E-state index is 13.4. The molecule has 3 rings (SSSR count). The van der Waals surface area contributed by atoms with Crippen LogP contribution in [0.5, 0.6) is 11.5 Å². The number of hydrogen-bond donors (Lipinski definition) is 1. The fourth-order valence-electron chi connectivity index (χ4n) is 2.79. The lowest BCUT2D eigenvalue weighted by Gasteiger charge is -2.14. The quantitative estimate of drug-likeness (QED) is 0.265. The van der Waals surface area contributed by atoms with Crippen LogP contribution in [-0.4, -0.2) is 13.0 Å². The average molecular weight is 560 g/mol. The van der Waals surface area contributed by atoms with E-state index >= 15 is 0 Å². The van der Waals surface area contributed by atoms with Gasteiger partial charge in [0.15, 0.2) is 11.5 Å². The minimum atomic E-state index is -0.531. The van der Waals surface area contributed by atoms with Crippen molar-refractivity contribution in [3.05, 3.63) is 92.1 Å².